The van der Waals surface area contributed by atoms with Crippen molar-refractivity contribution in [2.24, 2.45) is 0 Å². The standard InChI is InChI=1S/C25H29N3O4/c1-3-5-6-7-12-22-26-28(23(29)4-2)25(32)27(22)17-18-13-15-19(16-14-18)20-10-8-9-11-21(20)24(30)31/h8-11,13-16H,3-7,12,17H2,1-2H3,(H,30,31). The molecule has 1 N–H and O–H groups in total. The third-order valence-corrected chi connectivity index (χ3v) is 5.49. The van der Waals surface area contributed by atoms with E-state index in [2.05, 4.69) is 12.0 Å². The van der Waals surface area contributed by atoms with Crippen molar-refractivity contribution in [1.29, 1.82) is 0 Å². The number of nitrogens with zero attached hydrogens (tertiary/aromatic N) is 3. The van der Waals surface area contributed by atoms with Crippen LogP contribution in [0.3, 0.4) is 0 Å². The number of aromatic nitrogens is 3. The van der Waals surface area contributed by atoms with Gasteiger partial charge in [0.2, 0.25) is 0 Å². The molecule has 7 heteroatoms. The molecule has 0 radical (unpaired) electrons. The summed E-state index contributed by atoms with van der Waals surface area (Å²) in [6.45, 7) is 4.16. The van der Waals surface area contributed by atoms with Crippen molar-refractivity contribution in [3.63, 3.8) is 0 Å². The molecule has 168 valence electrons. The van der Waals surface area contributed by atoms with Gasteiger partial charge in [-0.15, -0.1) is 9.78 Å². The van der Waals surface area contributed by atoms with Crippen LogP contribution in [0, 0.1) is 0 Å². The molecule has 32 heavy (non-hydrogen) atoms. The first kappa shape index (κ1) is 23.2. The lowest BCUT2D eigenvalue weighted by molar-refractivity contribution is 0.0697. The van der Waals surface area contributed by atoms with Gasteiger partial charge in [-0.1, -0.05) is 75.6 Å². The van der Waals surface area contributed by atoms with Gasteiger partial charge in [-0.3, -0.25) is 9.36 Å². The van der Waals surface area contributed by atoms with Gasteiger partial charge < -0.3 is 5.11 Å². The summed E-state index contributed by atoms with van der Waals surface area (Å²) in [4.78, 5) is 36.5. The van der Waals surface area contributed by atoms with E-state index < -0.39 is 11.7 Å². The zero-order valence-electron chi connectivity index (χ0n) is 18.6. The van der Waals surface area contributed by atoms with Gasteiger partial charge in [0.25, 0.3) is 5.91 Å². The monoisotopic (exact) mass is 435 g/mol. The van der Waals surface area contributed by atoms with Crippen LogP contribution < -0.4 is 5.69 Å². The van der Waals surface area contributed by atoms with Crippen molar-refractivity contribution in [2.75, 3.05) is 0 Å². The molecule has 0 aliphatic carbocycles. The number of aromatic carboxylic acids is 1. The highest BCUT2D eigenvalue weighted by atomic mass is 16.4. The van der Waals surface area contributed by atoms with Crippen LogP contribution in [-0.2, 0) is 13.0 Å². The Hall–Kier alpha value is -3.48. The normalized spacial score (nSPS) is 10.9. The number of benzene rings is 2. The van der Waals surface area contributed by atoms with Crippen molar-refractivity contribution in [3.05, 3.63) is 76.0 Å². The summed E-state index contributed by atoms with van der Waals surface area (Å²) in [5, 5.41) is 13.8. The summed E-state index contributed by atoms with van der Waals surface area (Å²) < 4.78 is 2.55. The van der Waals surface area contributed by atoms with Gasteiger partial charge >= 0.3 is 11.7 Å². The van der Waals surface area contributed by atoms with Crippen LogP contribution in [0.5, 0.6) is 0 Å². The fraction of sp³-hybridized carbons (Fsp3) is 0.360. The molecule has 0 atom stereocenters. The van der Waals surface area contributed by atoms with E-state index in [-0.39, 0.29) is 17.9 Å². The fourth-order valence-electron chi connectivity index (χ4n) is 3.70. The van der Waals surface area contributed by atoms with E-state index in [1.165, 1.54) is 0 Å². The maximum atomic E-state index is 12.9. The quantitative estimate of drug-likeness (QED) is 0.469. The second-order valence-electron chi connectivity index (χ2n) is 7.80. The van der Waals surface area contributed by atoms with Gasteiger partial charge in [-0.05, 0) is 29.2 Å². The van der Waals surface area contributed by atoms with Crippen LogP contribution in [0.4, 0.5) is 0 Å². The Labute approximate surface area is 187 Å². The number of carboxylic acids is 1. The molecular formula is C25H29N3O4. The van der Waals surface area contributed by atoms with E-state index in [4.69, 9.17) is 0 Å². The van der Waals surface area contributed by atoms with Crippen molar-refractivity contribution >= 4 is 11.9 Å². The van der Waals surface area contributed by atoms with Crippen molar-refractivity contribution in [1.82, 2.24) is 14.3 Å². The molecule has 0 amide bonds. The van der Waals surface area contributed by atoms with Gasteiger partial charge in [0.15, 0.2) is 0 Å². The molecule has 0 fully saturated rings. The average Bonchev–Trinajstić information content (AvgIpc) is 3.12. The minimum atomic E-state index is -0.975. The van der Waals surface area contributed by atoms with E-state index >= 15 is 0 Å². The average molecular weight is 436 g/mol. The number of carboxylic acid groups (broad SMARTS) is 1. The Morgan fingerprint density at radius 2 is 1.69 bits per heavy atom. The van der Waals surface area contributed by atoms with E-state index in [0.717, 1.165) is 41.5 Å². The van der Waals surface area contributed by atoms with Crippen LogP contribution in [0.15, 0.2) is 53.3 Å². The summed E-state index contributed by atoms with van der Waals surface area (Å²) >= 11 is 0. The molecule has 3 aromatic rings. The second-order valence-corrected chi connectivity index (χ2v) is 7.80. The first-order chi connectivity index (χ1) is 15.5. The lowest BCUT2D eigenvalue weighted by Crippen LogP contribution is -2.30. The molecule has 7 nitrogen and oxygen atoms in total. The first-order valence-electron chi connectivity index (χ1n) is 11.1. The third-order valence-electron chi connectivity index (χ3n) is 5.49. The number of unbranched alkanes of at least 4 members (excludes halogenated alkanes) is 3. The van der Waals surface area contributed by atoms with Crippen LogP contribution >= 0.6 is 0 Å². The van der Waals surface area contributed by atoms with E-state index in [9.17, 15) is 19.5 Å². The largest absolute Gasteiger partial charge is 0.478 e. The van der Waals surface area contributed by atoms with Gasteiger partial charge in [-0.2, -0.15) is 0 Å². The number of carbonyl (C=O) groups is 2. The Bertz CT molecular complexity index is 1140. The molecule has 2 aromatic carbocycles. The summed E-state index contributed by atoms with van der Waals surface area (Å²) in [7, 11) is 0. The molecule has 0 aliphatic heterocycles. The Balaban J connectivity index is 1.88. The van der Waals surface area contributed by atoms with Gasteiger partial charge in [0.05, 0.1) is 12.1 Å². The third kappa shape index (κ3) is 5.22. The summed E-state index contributed by atoms with van der Waals surface area (Å²) in [5.41, 5.74) is 2.13. The lowest BCUT2D eigenvalue weighted by Gasteiger charge is -2.09. The van der Waals surface area contributed by atoms with Gasteiger partial charge in [-0.25, -0.2) is 9.59 Å². The summed E-state index contributed by atoms with van der Waals surface area (Å²) in [6.07, 6.45) is 5.06. The van der Waals surface area contributed by atoms with E-state index in [0.29, 0.717) is 24.4 Å². The maximum absolute atomic E-state index is 12.9. The molecule has 0 bridgehead atoms. The van der Waals surface area contributed by atoms with Gasteiger partial charge in [0, 0.05) is 12.8 Å². The Morgan fingerprint density at radius 3 is 2.34 bits per heavy atom. The van der Waals surface area contributed by atoms with E-state index in [1.54, 1.807) is 35.8 Å². The van der Waals surface area contributed by atoms with Gasteiger partial charge in [0.1, 0.15) is 5.82 Å². The molecule has 0 unspecified atom stereocenters. The van der Waals surface area contributed by atoms with Crippen molar-refractivity contribution in [2.45, 2.75) is 58.9 Å². The molecular weight excluding hydrogens is 406 g/mol. The molecule has 0 aliphatic rings. The van der Waals surface area contributed by atoms with Crippen LogP contribution in [0.25, 0.3) is 11.1 Å². The predicted molar refractivity (Wildman–Crippen MR) is 123 cm³/mol. The topological polar surface area (TPSA) is 94.2 Å². The molecule has 1 heterocycles. The molecule has 0 spiro atoms. The minimum Gasteiger partial charge on any atom is -0.478 e. The zero-order valence-corrected chi connectivity index (χ0v) is 18.6. The smallest absolute Gasteiger partial charge is 0.353 e. The second kappa shape index (κ2) is 10.7. The lowest BCUT2D eigenvalue weighted by atomic mass is 9.99. The minimum absolute atomic E-state index is 0.212. The maximum Gasteiger partial charge on any atom is 0.353 e. The van der Waals surface area contributed by atoms with Crippen molar-refractivity contribution < 1.29 is 14.7 Å². The summed E-state index contributed by atoms with van der Waals surface area (Å²) in [6, 6.07) is 14.3. The number of hydrogen-bond donors (Lipinski definition) is 1. The molecule has 1 aromatic heterocycles. The zero-order chi connectivity index (χ0) is 23.1. The van der Waals surface area contributed by atoms with Crippen LogP contribution in [-0.4, -0.2) is 31.3 Å². The highest BCUT2D eigenvalue weighted by molar-refractivity contribution is 5.95. The Kier molecular flexibility index (Phi) is 7.76. The summed E-state index contributed by atoms with van der Waals surface area (Å²) in [5.74, 6) is -0.672. The van der Waals surface area contributed by atoms with Crippen molar-refractivity contribution in [3.8, 4) is 11.1 Å². The molecule has 0 saturated carbocycles. The predicted octanol–water partition coefficient (Wildman–Crippen LogP) is 4.63. The van der Waals surface area contributed by atoms with Crippen LogP contribution in [0.1, 0.15) is 72.5 Å². The SMILES string of the molecule is CCCCCCc1nn(C(=O)CC)c(=O)n1Cc1ccc(-c2ccccc2C(=O)O)cc1. The first-order valence-corrected chi connectivity index (χ1v) is 11.1. The van der Waals surface area contributed by atoms with Crippen LogP contribution in [0.2, 0.25) is 0 Å². The fourth-order valence-corrected chi connectivity index (χ4v) is 3.70. The number of carbonyl (C=O) groups excluding carboxylic acids is 1. The molecule has 0 saturated heterocycles. The highest BCUT2D eigenvalue weighted by Gasteiger charge is 2.17. The number of hydrogen-bond acceptors (Lipinski definition) is 4. The Morgan fingerprint density at radius 1 is 0.969 bits per heavy atom. The highest BCUT2D eigenvalue weighted by Crippen LogP contribution is 2.24. The molecule has 3 rings (SSSR count). The number of aryl methyl sites for hydroxylation is 1. The van der Waals surface area contributed by atoms with E-state index in [1.807, 2.05) is 24.3 Å². The number of rotatable bonds is 10.